The van der Waals surface area contributed by atoms with Crippen LogP contribution in [-0.2, 0) is 19.1 Å². The Morgan fingerprint density at radius 2 is 1.02 bits per heavy atom. The van der Waals surface area contributed by atoms with Crippen molar-refractivity contribution in [2.24, 2.45) is 45.3 Å². The van der Waals surface area contributed by atoms with Crippen LogP contribution in [0.3, 0.4) is 0 Å². The fourth-order valence-electron chi connectivity index (χ4n) is 11.2. The number of hydrogen-bond acceptors (Lipinski definition) is 4. The Hall–Kier alpha value is -2.62. The molecule has 0 saturated heterocycles. The van der Waals surface area contributed by atoms with Crippen molar-refractivity contribution in [2.45, 2.75) is 106 Å². The van der Waals surface area contributed by atoms with E-state index in [4.69, 9.17) is 9.47 Å². The zero-order valence-electron chi connectivity index (χ0n) is 28.2. The highest BCUT2D eigenvalue weighted by Crippen LogP contribution is 2.62. The molecule has 0 aromatic rings. The second kappa shape index (κ2) is 11.0. The van der Waals surface area contributed by atoms with Crippen molar-refractivity contribution in [3.05, 3.63) is 70.9 Å². The molecule has 6 atom stereocenters. The van der Waals surface area contributed by atoms with Crippen molar-refractivity contribution < 1.29 is 19.1 Å². The highest BCUT2D eigenvalue weighted by Gasteiger charge is 2.53. The summed E-state index contributed by atoms with van der Waals surface area (Å²) >= 11 is 0. The fraction of sp³-hybridized carbons (Fsp3) is 0.650. The summed E-state index contributed by atoms with van der Waals surface area (Å²) in [5.41, 5.74) is 5.74. The molecule has 2 aliphatic heterocycles. The molecule has 6 unspecified atom stereocenters. The van der Waals surface area contributed by atoms with Crippen LogP contribution in [0.4, 0.5) is 0 Å². The molecule has 4 nitrogen and oxygen atoms in total. The zero-order chi connectivity index (χ0) is 31.7. The van der Waals surface area contributed by atoms with Gasteiger partial charge in [-0.3, -0.25) is 0 Å². The van der Waals surface area contributed by atoms with Gasteiger partial charge in [0.05, 0.1) is 11.1 Å². The Morgan fingerprint density at radius 1 is 0.636 bits per heavy atom. The first-order chi connectivity index (χ1) is 20.7. The molecule has 4 aliphatic carbocycles. The smallest absolute Gasteiger partial charge is 0.339 e. The third kappa shape index (κ3) is 5.03. The molecule has 6 rings (SSSR count). The van der Waals surface area contributed by atoms with E-state index in [1.807, 2.05) is 0 Å². The summed E-state index contributed by atoms with van der Waals surface area (Å²) in [5.74, 6) is 0.873. The molecule has 0 radical (unpaired) electrons. The summed E-state index contributed by atoms with van der Waals surface area (Å²) in [6.45, 7) is 24.0. The van der Waals surface area contributed by atoms with Crippen LogP contribution in [0.15, 0.2) is 70.9 Å². The molecule has 0 amide bonds. The average Bonchev–Trinajstić information content (AvgIpc) is 3.47. The van der Waals surface area contributed by atoms with Gasteiger partial charge in [-0.05, 0) is 84.9 Å². The van der Waals surface area contributed by atoms with Gasteiger partial charge in [-0.2, -0.15) is 0 Å². The van der Waals surface area contributed by atoms with E-state index >= 15 is 0 Å². The molecule has 0 N–H and O–H groups in total. The maximum atomic E-state index is 13.2. The zero-order valence-corrected chi connectivity index (χ0v) is 28.2. The molecule has 6 aliphatic rings. The number of hydrogen-bond donors (Lipinski definition) is 0. The van der Waals surface area contributed by atoms with E-state index in [-0.39, 0.29) is 35.9 Å². The normalized spacial score (nSPS) is 38.8. The van der Waals surface area contributed by atoms with Crippen LogP contribution < -0.4 is 0 Å². The van der Waals surface area contributed by atoms with Crippen LogP contribution in [0.1, 0.15) is 106 Å². The number of rotatable bonds is 5. The summed E-state index contributed by atoms with van der Waals surface area (Å²) < 4.78 is 11.1. The van der Waals surface area contributed by atoms with Crippen molar-refractivity contribution in [1.82, 2.24) is 0 Å². The number of esters is 2. The molecule has 4 fully saturated rings. The predicted octanol–water partition coefficient (Wildman–Crippen LogP) is 9.40. The summed E-state index contributed by atoms with van der Waals surface area (Å²) in [4.78, 5) is 26.4. The van der Waals surface area contributed by atoms with Gasteiger partial charge in [-0.25, -0.2) is 9.59 Å². The minimum Gasteiger partial charge on any atom is -0.457 e. The maximum absolute atomic E-state index is 13.2. The van der Waals surface area contributed by atoms with Crippen LogP contribution >= 0.6 is 0 Å². The number of ether oxygens (including phenoxy) is 2. The van der Waals surface area contributed by atoms with Crippen molar-refractivity contribution in [3.63, 3.8) is 0 Å². The van der Waals surface area contributed by atoms with Crippen LogP contribution in [-0.4, -0.2) is 25.2 Å². The van der Waals surface area contributed by atoms with Crippen LogP contribution in [0, 0.1) is 45.3 Å². The molecule has 4 heteroatoms. The van der Waals surface area contributed by atoms with E-state index in [0.29, 0.717) is 33.8 Å². The number of cyclic esters (lactones) is 2. The Labute approximate surface area is 265 Å². The first kappa shape index (κ1) is 31.4. The molecule has 0 bridgehead atoms. The van der Waals surface area contributed by atoms with Gasteiger partial charge in [0, 0.05) is 23.0 Å². The summed E-state index contributed by atoms with van der Waals surface area (Å²) in [6, 6.07) is 0. The maximum Gasteiger partial charge on any atom is 0.339 e. The van der Waals surface area contributed by atoms with E-state index in [9.17, 15) is 9.59 Å². The van der Waals surface area contributed by atoms with Gasteiger partial charge < -0.3 is 9.47 Å². The SMILES string of the molecule is C=C1CCC2C(C)(C)CCCC2(C)C1C=CC1=C(C2=C(C=CC3C(=C)CCC4C(C)(C)CCCC34C)COC2=O)C(=O)OC1. The number of carbonyl (C=O) groups excluding carboxylic acids is 2. The van der Waals surface area contributed by atoms with Crippen molar-refractivity contribution in [1.29, 1.82) is 0 Å². The Morgan fingerprint density at radius 3 is 1.41 bits per heavy atom. The Kier molecular flexibility index (Phi) is 7.86. The first-order valence-electron chi connectivity index (χ1n) is 17.2. The second-order valence-corrected chi connectivity index (χ2v) is 16.8. The minimum atomic E-state index is -0.433. The van der Waals surface area contributed by atoms with E-state index in [1.165, 1.54) is 62.5 Å². The molecular formula is C40H54O4. The quantitative estimate of drug-likeness (QED) is 0.234. The minimum absolute atomic E-state index is 0.140. The molecule has 4 saturated carbocycles. The number of allylic oxidation sites excluding steroid dienone is 4. The predicted molar refractivity (Wildman–Crippen MR) is 176 cm³/mol. The van der Waals surface area contributed by atoms with Gasteiger partial charge in [-0.1, -0.05) is 103 Å². The molecule has 2 heterocycles. The summed E-state index contributed by atoms with van der Waals surface area (Å²) in [6.07, 6.45) is 20.5. The van der Waals surface area contributed by atoms with Crippen LogP contribution in [0.5, 0.6) is 0 Å². The van der Waals surface area contributed by atoms with Crippen molar-refractivity contribution >= 4 is 11.9 Å². The Bertz CT molecular complexity index is 1290. The standard InChI is InChI=1S/C40H54O4/c1-25-11-17-31-37(3,4)19-9-21-39(31,7)29(25)15-13-27-23-43-35(41)33(27)34-28(24-44-36(34)42)14-16-30-26(2)12-18-32-38(5,6)20-10-22-40(30,32)8/h13-16,29-32H,1-2,9-12,17-24H2,3-8H3. The molecule has 238 valence electrons. The molecule has 0 aromatic heterocycles. The van der Waals surface area contributed by atoms with Gasteiger partial charge >= 0.3 is 11.9 Å². The van der Waals surface area contributed by atoms with Gasteiger partial charge in [0.25, 0.3) is 0 Å². The van der Waals surface area contributed by atoms with E-state index in [1.54, 1.807) is 0 Å². The van der Waals surface area contributed by atoms with Gasteiger partial charge in [0.2, 0.25) is 0 Å². The molecule has 0 spiro atoms. The van der Waals surface area contributed by atoms with Crippen molar-refractivity contribution in [3.8, 4) is 0 Å². The van der Waals surface area contributed by atoms with Crippen molar-refractivity contribution in [2.75, 3.05) is 13.2 Å². The van der Waals surface area contributed by atoms with E-state index in [0.717, 1.165) is 24.0 Å². The lowest BCUT2D eigenvalue weighted by Crippen LogP contribution is -2.48. The lowest BCUT2D eigenvalue weighted by Gasteiger charge is -2.57. The third-order valence-corrected chi connectivity index (χ3v) is 13.4. The lowest BCUT2D eigenvalue weighted by atomic mass is 9.47. The fourth-order valence-corrected chi connectivity index (χ4v) is 11.2. The topological polar surface area (TPSA) is 52.6 Å². The second-order valence-electron chi connectivity index (χ2n) is 16.8. The third-order valence-electron chi connectivity index (χ3n) is 13.4. The molecule has 44 heavy (non-hydrogen) atoms. The van der Waals surface area contributed by atoms with Crippen LogP contribution in [0.25, 0.3) is 0 Å². The van der Waals surface area contributed by atoms with E-state index < -0.39 is 11.9 Å². The van der Waals surface area contributed by atoms with Gasteiger partial charge in [-0.15, -0.1) is 0 Å². The number of fused-ring (bicyclic) bond motifs is 2. The monoisotopic (exact) mass is 598 g/mol. The summed E-state index contributed by atoms with van der Waals surface area (Å²) in [7, 11) is 0. The number of carbonyl (C=O) groups is 2. The Balaban J connectivity index is 1.33. The van der Waals surface area contributed by atoms with E-state index in [2.05, 4.69) is 79.0 Å². The molecular weight excluding hydrogens is 544 g/mol. The molecule has 0 aromatic carbocycles. The van der Waals surface area contributed by atoms with Crippen LogP contribution in [0.2, 0.25) is 0 Å². The summed E-state index contributed by atoms with van der Waals surface area (Å²) in [5, 5.41) is 0. The van der Waals surface area contributed by atoms with Gasteiger partial charge in [0.1, 0.15) is 13.2 Å². The first-order valence-corrected chi connectivity index (χ1v) is 17.2. The average molecular weight is 599 g/mol. The van der Waals surface area contributed by atoms with Gasteiger partial charge in [0.15, 0.2) is 0 Å². The highest BCUT2D eigenvalue weighted by atomic mass is 16.5. The highest BCUT2D eigenvalue weighted by molar-refractivity contribution is 6.11. The largest absolute Gasteiger partial charge is 0.457 e. The lowest BCUT2D eigenvalue weighted by molar-refractivity contribution is -0.139.